The van der Waals surface area contributed by atoms with Gasteiger partial charge in [0, 0.05) is 22.3 Å². The molecule has 1 nitrogen and oxygen atoms in total. The van der Waals surface area contributed by atoms with Crippen molar-refractivity contribution in [3.8, 4) is 55.6 Å². The van der Waals surface area contributed by atoms with E-state index in [0.717, 1.165) is 33.1 Å². The van der Waals surface area contributed by atoms with Crippen LogP contribution < -0.4 is 0 Å². The summed E-state index contributed by atoms with van der Waals surface area (Å²) in [7, 11) is 0. The highest BCUT2D eigenvalue weighted by molar-refractivity contribution is 6.09. The van der Waals surface area contributed by atoms with Crippen LogP contribution in [0.4, 0.5) is 0 Å². The number of para-hydroxylation sites is 2. The summed E-state index contributed by atoms with van der Waals surface area (Å²) in [5.41, 5.74) is 17.5. The molecule has 0 fully saturated rings. The first-order chi connectivity index (χ1) is 31.7. The molecule has 0 radical (unpaired) electrons. The van der Waals surface area contributed by atoms with Gasteiger partial charge in [-0.05, 0) is 107 Å². The van der Waals surface area contributed by atoms with Crippen molar-refractivity contribution in [3.63, 3.8) is 0 Å². The molecule has 0 aliphatic rings. The van der Waals surface area contributed by atoms with Gasteiger partial charge in [0.15, 0.2) is 0 Å². The Hall–Kier alpha value is -8.26. The molecule has 0 spiro atoms. The van der Waals surface area contributed by atoms with Crippen LogP contribution in [0, 0.1) is 0 Å². The largest absolute Gasteiger partial charge is 0.455 e. The quantitative estimate of drug-likeness (QED) is 0.139. The lowest BCUT2D eigenvalue weighted by Crippen LogP contribution is -2.03. The van der Waals surface area contributed by atoms with Gasteiger partial charge in [-0.2, -0.15) is 0 Å². The van der Waals surface area contributed by atoms with Crippen LogP contribution in [-0.4, -0.2) is 0 Å². The van der Waals surface area contributed by atoms with E-state index >= 15 is 0 Å². The van der Waals surface area contributed by atoms with E-state index in [-0.39, 0.29) is 5.92 Å². The molecule has 300 valence electrons. The molecule has 11 aromatic carbocycles. The van der Waals surface area contributed by atoms with Gasteiger partial charge in [0.05, 0.1) is 0 Å². The molecule has 12 aromatic rings. The predicted octanol–water partition coefficient (Wildman–Crippen LogP) is 17.4. The second-order valence-corrected chi connectivity index (χ2v) is 16.8. The summed E-state index contributed by atoms with van der Waals surface area (Å²) in [4.78, 5) is 0. The van der Waals surface area contributed by atoms with E-state index in [1.807, 2.05) is 12.1 Å². The van der Waals surface area contributed by atoms with Crippen molar-refractivity contribution in [2.45, 2.75) is 5.92 Å². The van der Waals surface area contributed by atoms with E-state index < -0.39 is 0 Å². The summed E-state index contributed by atoms with van der Waals surface area (Å²) >= 11 is 0. The van der Waals surface area contributed by atoms with Gasteiger partial charge in [-0.25, -0.2) is 0 Å². The van der Waals surface area contributed by atoms with Gasteiger partial charge in [-0.15, -0.1) is 0 Å². The lowest BCUT2D eigenvalue weighted by molar-refractivity contribution is 0.670. The minimum atomic E-state index is 0.0168. The van der Waals surface area contributed by atoms with Gasteiger partial charge < -0.3 is 4.42 Å². The summed E-state index contributed by atoms with van der Waals surface area (Å²) < 4.78 is 6.45. The zero-order valence-corrected chi connectivity index (χ0v) is 35.2. The standard InChI is InChI=1S/C63H42O/c1-3-20-54-44(12-1)14-9-23-56(54)52-18-7-16-50(40-52)42-28-34-47(35-29-42)62(49-38-32-46(33-39-49)58-25-11-26-60-59-22-5-6-27-61(59)64-63(58)60)48-36-30-43(31-37-48)51-17-8-19-53(41-51)57-24-10-15-45-13-2-4-21-55(45)57/h1-41,62H. The summed E-state index contributed by atoms with van der Waals surface area (Å²) in [5.74, 6) is 0.0168. The molecule has 0 bridgehead atoms. The van der Waals surface area contributed by atoms with Crippen LogP contribution in [0.25, 0.3) is 99.1 Å². The minimum absolute atomic E-state index is 0.0168. The van der Waals surface area contributed by atoms with E-state index in [9.17, 15) is 0 Å². The summed E-state index contributed by atoms with van der Waals surface area (Å²) in [6.07, 6.45) is 0. The highest BCUT2D eigenvalue weighted by atomic mass is 16.3. The normalized spacial score (nSPS) is 11.6. The highest BCUT2D eigenvalue weighted by Crippen LogP contribution is 2.40. The molecule has 0 atom stereocenters. The Bertz CT molecular complexity index is 3470. The third-order valence-electron chi connectivity index (χ3n) is 13.0. The zero-order chi connectivity index (χ0) is 42.4. The van der Waals surface area contributed by atoms with Crippen molar-refractivity contribution in [3.05, 3.63) is 265 Å². The van der Waals surface area contributed by atoms with E-state index in [1.165, 1.54) is 82.7 Å². The summed E-state index contributed by atoms with van der Waals surface area (Å²) in [6, 6.07) is 90.5. The van der Waals surface area contributed by atoms with Crippen LogP contribution in [0.5, 0.6) is 0 Å². The Labute approximate surface area is 373 Å². The van der Waals surface area contributed by atoms with Gasteiger partial charge in [-0.1, -0.05) is 231 Å². The molecule has 0 unspecified atom stereocenters. The van der Waals surface area contributed by atoms with Gasteiger partial charge in [0.1, 0.15) is 11.2 Å². The van der Waals surface area contributed by atoms with Crippen molar-refractivity contribution < 1.29 is 4.42 Å². The van der Waals surface area contributed by atoms with Crippen molar-refractivity contribution in [1.82, 2.24) is 0 Å². The average molecular weight is 815 g/mol. The molecule has 1 heteroatoms. The third-order valence-corrected chi connectivity index (χ3v) is 13.0. The molecule has 0 saturated carbocycles. The first-order valence-electron chi connectivity index (χ1n) is 22.1. The van der Waals surface area contributed by atoms with Gasteiger partial charge in [0.2, 0.25) is 0 Å². The Morgan fingerprint density at radius 1 is 0.250 bits per heavy atom. The maximum Gasteiger partial charge on any atom is 0.143 e. The second-order valence-electron chi connectivity index (χ2n) is 16.8. The maximum atomic E-state index is 6.45. The van der Waals surface area contributed by atoms with E-state index in [0.29, 0.717) is 0 Å². The fourth-order valence-corrected chi connectivity index (χ4v) is 9.83. The number of hydrogen-bond donors (Lipinski definition) is 0. The van der Waals surface area contributed by atoms with Crippen LogP contribution in [0.1, 0.15) is 22.6 Å². The maximum absolute atomic E-state index is 6.45. The topological polar surface area (TPSA) is 13.1 Å². The molecular formula is C63H42O. The molecule has 12 rings (SSSR count). The fourth-order valence-electron chi connectivity index (χ4n) is 9.83. The summed E-state index contributed by atoms with van der Waals surface area (Å²) in [6.45, 7) is 0. The second kappa shape index (κ2) is 15.9. The van der Waals surface area contributed by atoms with Gasteiger partial charge in [0.25, 0.3) is 0 Å². The molecule has 1 heterocycles. The van der Waals surface area contributed by atoms with Crippen LogP contribution in [0.2, 0.25) is 0 Å². The molecule has 0 aliphatic heterocycles. The Balaban J connectivity index is 0.912. The molecule has 64 heavy (non-hydrogen) atoms. The van der Waals surface area contributed by atoms with Crippen molar-refractivity contribution in [2.24, 2.45) is 0 Å². The fraction of sp³-hybridized carbons (Fsp3) is 0.0159. The molecule has 0 amide bonds. The number of rotatable bonds is 8. The Morgan fingerprint density at radius 2 is 0.641 bits per heavy atom. The van der Waals surface area contributed by atoms with Crippen LogP contribution in [0.15, 0.2) is 253 Å². The number of hydrogen-bond acceptors (Lipinski definition) is 1. The molecule has 0 saturated heterocycles. The van der Waals surface area contributed by atoms with Crippen LogP contribution in [-0.2, 0) is 0 Å². The van der Waals surface area contributed by atoms with Crippen molar-refractivity contribution >= 4 is 43.5 Å². The molecule has 0 aliphatic carbocycles. The van der Waals surface area contributed by atoms with Gasteiger partial charge >= 0.3 is 0 Å². The Morgan fingerprint density at radius 3 is 1.19 bits per heavy atom. The molecule has 0 N–H and O–H groups in total. The highest BCUT2D eigenvalue weighted by Gasteiger charge is 2.19. The monoisotopic (exact) mass is 814 g/mol. The molecular weight excluding hydrogens is 773 g/mol. The lowest BCUT2D eigenvalue weighted by atomic mass is 9.83. The molecule has 1 aromatic heterocycles. The first-order valence-corrected chi connectivity index (χ1v) is 22.1. The lowest BCUT2D eigenvalue weighted by Gasteiger charge is -2.20. The van der Waals surface area contributed by atoms with Crippen molar-refractivity contribution in [1.29, 1.82) is 0 Å². The van der Waals surface area contributed by atoms with E-state index in [1.54, 1.807) is 0 Å². The van der Waals surface area contributed by atoms with Crippen LogP contribution >= 0.6 is 0 Å². The number of benzene rings is 11. The van der Waals surface area contributed by atoms with E-state index in [2.05, 4.69) is 237 Å². The van der Waals surface area contributed by atoms with Crippen LogP contribution in [0.3, 0.4) is 0 Å². The summed E-state index contributed by atoms with van der Waals surface area (Å²) in [5, 5.41) is 7.32. The Kier molecular flexibility index (Phi) is 9.31. The third kappa shape index (κ3) is 6.76. The minimum Gasteiger partial charge on any atom is -0.455 e. The zero-order valence-electron chi connectivity index (χ0n) is 35.2. The average Bonchev–Trinajstić information content (AvgIpc) is 3.76. The SMILES string of the molecule is c1cc(-c2ccc(C(c3ccc(-c4cccc(-c5cccc6ccccc56)c4)cc3)c3ccc(-c4cccc5c4oc4ccccc45)cc3)cc2)cc(-c2cccc3ccccc23)c1. The van der Waals surface area contributed by atoms with E-state index in [4.69, 9.17) is 4.42 Å². The smallest absolute Gasteiger partial charge is 0.143 e. The first kappa shape index (κ1) is 37.5. The predicted molar refractivity (Wildman–Crippen MR) is 270 cm³/mol. The number of furan rings is 1. The number of fused-ring (bicyclic) bond motifs is 5. The van der Waals surface area contributed by atoms with Crippen molar-refractivity contribution in [2.75, 3.05) is 0 Å². The van der Waals surface area contributed by atoms with Gasteiger partial charge in [-0.3, -0.25) is 0 Å².